The molecular formula is C8H11N3OS. The summed E-state index contributed by atoms with van der Waals surface area (Å²) in [5, 5.41) is 8.09. The van der Waals surface area contributed by atoms with E-state index in [0.717, 1.165) is 28.9 Å². The largest absolute Gasteiger partial charge is 0.361 e. The van der Waals surface area contributed by atoms with Crippen molar-refractivity contribution in [3.63, 3.8) is 0 Å². The topological polar surface area (TPSA) is 50.4 Å². The van der Waals surface area contributed by atoms with Gasteiger partial charge in [-0.05, 0) is 6.92 Å². The first-order chi connectivity index (χ1) is 6.34. The van der Waals surface area contributed by atoms with Gasteiger partial charge in [0.2, 0.25) is 0 Å². The Morgan fingerprint density at radius 3 is 3.23 bits per heavy atom. The summed E-state index contributed by atoms with van der Waals surface area (Å²) in [7, 11) is 0. The Balaban J connectivity index is 1.85. The molecule has 4 nitrogen and oxygen atoms in total. The Bertz CT molecular complexity index is 321. The van der Waals surface area contributed by atoms with Crippen LogP contribution in [0.5, 0.6) is 0 Å². The zero-order valence-corrected chi connectivity index (χ0v) is 8.23. The Labute approximate surface area is 80.8 Å². The van der Waals surface area contributed by atoms with Crippen LogP contribution in [0, 0.1) is 6.92 Å². The Hall–Kier alpha value is -0.970. The molecule has 1 aliphatic rings. The van der Waals surface area contributed by atoms with Crippen LogP contribution in [0.4, 0.5) is 0 Å². The van der Waals surface area contributed by atoms with Crippen molar-refractivity contribution in [1.29, 1.82) is 0 Å². The molecule has 1 aromatic heterocycles. The van der Waals surface area contributed by atoms with Crippen molar-refractivity contribution >= 4 is 16.9 Å². The molecule has 0 spiro atoms. The molecule has 0 radical (unpaired) electrons. The smallest absolute Gasteiger partial charge is 0.156 e. The minimum absolute atomic E-state index is 0.698. The maximum Gasteiger partial charge on any atom is 0.156 e. The molecule has 0 saturated heterocycles. The van der Waals surface area contributed by atoms with Gasteiger partial charge in [0.25, 0.3) is 0 Å². The van der Waals surface area contributed by atoms with Crippen LogP contribution in [0.2, 0.25) is 0 Å². The first-order valence-corrected chi connectivity index (χ1v) is 5.16. The lowest BCUT2D eigenvalue weighted by Gasteiger charge is -2.00. The van der Waals surface area contributed by atoms with Crippen molar-refractivity contribution in [1.82, 2.24) is 10.5 Å². The van der Waals surface area contributed by atoms with E-state index in [-0.39, 0.29) is 0 Å². The molecule has 5 heteroatoms. The number of nitrogens with one attached hydrogen (secondary N) is 1. The van der Waals surface area contributed by atoms with Crippen molar-refractivity contribution in [3.05, 3.63) is 17.5 Å². The van der Waals surface area contributed by atoms with Gasteiger partial charge in [0.05, 0.1) is 13.1 Å². The van der Waals surface area contributed by atoms with Crippen LogP contribution in [0.1, 0.15) is 11.5 Å². The fourth-order valence-electron chi connectivity index (χ4n) is 1.11. The molecule has 0 bridgehead atoms. The second kappa shape index (κ2) is 3.83. The average Bonchev–Trinajstić information content (AvgIpc) is 2.71. The van der Waals surface area contributed by atoms with Gasteiger partial charge in [-0.25, -0.2) is 0 Å². The molecule has 0 saturated carbocycles. The number of thioether (sulfide) groups is 1. The van der Waals surface area contributed by atoms with Gasteiger partial charge in [0.1, 0.15) is 11.5 Å². The van der Waals surface area contributed by atoms with Crippen molar-refractivity contribution in [2.45, 2.75) is 13.5 Å². The SMILES string of the molecule is Cc1cc(CNC2=NCCS2)no1. The average molecular weight is 197 g/mol. The Morgan fingerprint density at radius 2 is 2.62 bits per heavy atom. The molecule has 1 N–H and O–H groups in total. The third-order valence-electron chi connectivity index (χ3n) is 1.68. The monoisotopic (exact) mass is 197 g/mol. The third kappa shape index (κ3) is 2.24. The van der Waals surface area contributed by atoms with E-state index in [9.17, 15) is 0 Å². The molecule has 2 heterocycles. The molecule has 70 valence electrons. The molecule has 0 amide bonds. The number of aliphatic imine (C=N–C) groups is 1. The summed E-state index contributed by atoms with van der Waals surface area (Å²) in [6, 6.07) is 1.92. The molecule has 1 aliphatic heterocycles. The predicted octanol–water partition coefficient (Wildman–Crippen LogP) is 1.18. The van der Waals surface area contributed by atoms with Crippen LogP contribution in [0.3, 0.4) is 0 Å². The summed E-state index contributed by atoms with van der Waals surface area (Å²) in [6.45, 7) is 3.51. The molecule has 2 rings (SSSR count). The standard InChI is InChI=1S/C8H11N3OS/c1-6-4-7(11-12-6)5-10-8-9-2-3-13-8/h4H,2-3,5H2,1H3,(H,9,10). The summed E-state index contributed by atoms with van der Waals surface area (Å²) in [5.74, 6) is 1.93. The van der Waals surface area contributed by atoms with E-state index in [1.54, 1.807) is 11.8 Å². The maximum atomic E-state index is 4.94. The van der Waals surface area contributed by atoms with Crippen molar-refractivity contribution in [2.24, 2.45) is 4.99 Å². The molecule has 1 aromatic rings. The fraction of sp³-hybridized carbons (Fsp3) is 0.500. The van der Waals surface area contributed by atoms with E-state index in [2.05, 4.69) is 15.5 Å². The molecule has 0 aromatic carbocycles. The second-order valence-corrected chi connectivity index (χ2v) is 3.90. The number of amidine groups is 1. The van der Waals surface area contributed by atoms with Gasteiger partial charge in [-0.3, -0.25) is 4.99 Å². The van der Waals surface area contributed by atoms with Crippen LogP contribution >= 0.6 is 11.8 Å². The number of rotatable bonds is 2. The summed E-state index contributed by atoms with van der Waals surface area (Å²) < 4.78 is 4.94. The predicted molar refractivity (Wildman–Crippen MR) is 52.8 cm³/mol. The van der Waals surface area contributed by atoms with Gasteiger partial charge >= 0.3 is 0 Å². The lowest BCUT2D eigenvalue weighted by Crippen LogP contribution is -2.18. The number of hydrogen-bond donors (Lipinski definition) is 1. The van der Waals surface area contributed by atoms with Crippen molar-refractivity contribution < 1.29 is 4.52 Å². The zero-order chi connectivity index (χ0) is 9.10. The Kier molecular flexibility index (Phi) is 2.54. The third-order valence-corrected chi connectivity index (χ3v) is 2.62. The highest BCUT2D eigenvalue weighted by Crippen LogP contribution is 2.09. The minimum Gasteiger partial charge on any atom is -0.361 e. The zero-order valence-electron chi connectivity index (χ0n) is 7.41. The number of aryl methyl sites for hydroxylation is 1. The van der Waals surface area contributed by atoms with Crippen LogP contribution in [0.25, 0.3) is 0 Å². The fourth-order valence-corrected chi connectivity index (χ4v) is 1.84. The number of aromatic nitrogens is 1. The van der Waals surface area contributed by atoms with Crippen LogP contribution in [-0.4, -0.2) is 22.6 Å². The molecule has 0 fully saturated rings. The highest BCUT2D eigenvalue weighted by atomic mass is 32.2. The van der Waals surface area contributed by atoms with E-state index in [0.29, 0.717) is 6.54 Å². The summed E-state index contributed by atoms with van der Waals surface area (Å²) in [5.41, 5.74) is 0.924. The van der Waals surface area contributed by atoms with E-state index < -0.39 is 0 Å². The first kappa shape index (κ1) is 8.62. The molecule has 0 atom stereocenters. The Morgan fingerprint density at radius 1 is 1.69 bits per heavy atom. The van der Waals surface area contributed by atoms with Crippen molar-refractivity contribution in [2.75, 3.05) is 12.3 Å². The highest BCUT2D eigenvalue weighted by molar-refractivity contribution is 8.14. The number of hydrogen-bond acceptors (Lipinski definition) is 5. The highest BCUT2D eigenvalue weighted by Gasteiger charge is 2.07. The van der Waals surface area contributed by atoms with Crippen LogP contribution < -0.4 is 5.32 Å². The lowest BCUT2D eigenvalue weighted by molar-refractivity contribution is 0.390. The van der Waals surface area contributed by atoms with Crippen molar-refractivity contribution in [3.8, 4) is 0 Å². The van der Waals surface area contributed by atoms with Gasteiger partial charge in [0.15, 0.2) is 5.17 Å². The first-order valence-electron chi connectivity index (χ1n) is 4.18. The van der Waals surface area contributed by atoms with E-state index in [4.69, 9.17) is 4.52 Å². The van der Waals surface area contributed by atoms with Crippen LogP contribution in [0.15, 0.2) is 15.6 Å². The van der Waals surface area contributed by atoms with E-state index in [1.807, 2.05) is 13.0 Å². The molecule has 0 aliphatic carbocycles. The van der Waals surface area contributed by atoms with Crippen LogP contribution in [-0.2, 0) is 6.54 Å². The summed E-state index contributed by atoms with van der Waals surface area (Å²) >= 11 is 1.75. The number of nitrogens with zero attached hydrogens (tertiary/aromatic N) is 2. The van der Waals surface area contributed by atoms with Gasteiger partial charge in [-0.1, -0.05) is 16.9 Å². The molecule has 0 unspecified atom stereocenters. The summed E-state index contributed by atoms with van der Waals surface area (Å²) in [4.78, 5) is 4.27. The second-order valence-electron chi connectivity index (χ2n) is 2.82. The normalized spacial score (nSPS) is 15.9. The van der Waals surface area contributed by atoms with Gasteiger partial charge in [0, 0.05) is 11.8 Å². The van der Waals surface area contributed by atoms with E-state index in [1.165, 1.54) is 0 Å². The molecular weight excluding hydrogens is 186 g/mol. The summed E-state index contributed by atoms with van der Waals surface area (Å²) in [6.07, 6.45) is 0. The molecule has 13 heavy (non-hydrogen) atoms. The quantitative estimate of drug-likeness (QED) is 0.773. The lowest BCUT2D eigenvalue weighted by atomic mass is 10.4. The maximum absolute atomic E-state index is 4.94. The van der Waals surface area contributed by atoms with Gasteiger partial charge in [-0.2, -0.15) is 0 Å². The minimum atomic E-state index is 0.698. The van der Waals surface area contributed by atoms with Gasteiger partial charge < -0.3 is 9.84 Å². The van der Waals surface area contributed by atoms with Gasteiger partial charge in [-0.15, -0.1) is 0 Å². The van der Waals surface area contributed by atoms with E-state index >= 15 is 0 Å².